The molecule has 0 bridgehead atoms. The molecule has 1 unspecified atom stereocenters. The van der Waals surface area contributed by atoms with E-state index in [0.29, 0.717) is 18.2 Å². The van der Waals surface area contributed by atoms with Gasteiger partial charge in [0.2, 0.25) is 0 Å². The zero-order valence-electron chi connectivity index (χ0n) is 7.71. The van der Waals surface area contributed by atoms with E-state index in [1.165, 1.54) is 0 Å². The van der Waals surface area contributed by atoms with Gasteiger partial charge in [-0.15, -0.1) is 0 Å². The maximum Gasteiger partial charge on any atom is 0.0779 e. The molecule has 0 spiro atoms. The Hall–Kier alpha value is -0.190. The molecule has 72 valence electrons. The third kappa shape index (κ3) is 6.52. The SMILES string of the molecule is COCCCOCC(C)C(N)=S. The monoisotopic (exact) mass is 191 g/mol. The lowest BCUT2D eigenvalue weighted by Gasteiger charge is -2.09. The lowest BCUT2D eigenvalue weighted by atomic mass is 10.2. The van der Waals surface area contributed by atoms with E-state index < -0.39 is 0 Å². The Labute approximate surface area is 79.2 Å². The minimum absolute atomic E-state index is 0.169. The molecule has 0 amide bonds. The number of hydrogen-bond acceptors (Lipinski definition) is 3. The highest BCUT2D eigenvalue weighted by atomic mass is 32.1. The van der Waals surface area contributed by atoms with Gasteiger partial charge in [-0.05, 0) is 6.42 Å². The van der Waals surface area contributed by atoms with Crippen molar-refractivity contribution < 1.29 is 9.47 Å². The lowest BCUT2D eigenvalue weighted by Crippen LogP contribution is -2.23. The van der Waals surface area contributed by atoms with Crippen LogP contribution >= 0.6 is 12.2 Å². The zero-order chi connectivity index (χ0) is 9.40. The van der Waals surface area contributed by atoms with Crippen molar-refractivity contribution in [1.82, 2.24) is 0 Å². The standard InChI is InChI=1S/C8H17NO2S/c1-7(8(9)12)6-11-5-3-4-10-2/h7H,3-6H2,1-2H3,(H2,9,12). The Kier molecular flexibility index (Phi) is 7.34. The minimum Gasteiger partial charge on any atom is -0.393 e. The summed E-state index contributed by atoms with van der Waals surface area (Å²) in [5, 5.41) is 0. The summed E-state index contributed by atoms with van der Waals surface area (Å²) in [5.74, 6) is 0.169. The van der Waals surface area contributed by atoms with Gasteiger partial charge in [0.25, 0.3) is 0 Å². The molecular weight excluding hydrogens is 174 g/mol. The second-order valence-electron chi connectivity index (χ2n) is 2.72. The summed E-state index contributed by atoms with van der Waals surface area (Å²) in [4.78, 5) is 0.516. The van der Waals surface area contributed by atoms with Crippen molar-refractivity contribution in [2.45, 2.75) is 13.3 Å². The second-order valence-corrected chi connectivity index (χ2v) is 3.20. The molecular formula is C8H17NO2S. The Bertz CT molecular complexity index is 130. The fraction of sp³-hybridized carbons (Fsp3) is 0.875. The minimum atomic E-state index is 0.169. The van der Waals surface area contributed by atoms with Crippen molar-refractivity contribution in [2.75, 3.05) is 26.9 Å². The maximum atomic E-state index is 5.40. The van der Waals surface area contributed by atoms with Crippen LogP contribution in [0.5, 0.6) is 0 Å². The molecule has 4 heteroatoms. The van der Waals surface area contributed by atoms with E-state index in [1.807, 2.05) is 6.92 Å². The van der Waals surface area contributed by atoms with Gasteiger partial charge in [0.15, 0.2) is 0 Å². The van der Waals surface area contributed by atoms with Crippen LogP contribution in [-0.4, -0.2) is 31.9 Å². The fourth-order valence-corrected chi connectivity index (χ4v) is 0.716. The number of hydrogen-bond donors (Lipinski definition) is 1. The summed E-state index contributed by atoms with van der Waals surface area (Å²) in [6, 6.07) is 0. The van der Waals surface area contributed by atoms with Crippen LogP contribution in [0.1, 0.15) is 13.3 Å². The largest absolute Gasteiger partial charge is 0.393 e. The number of ether oxygens (including phenoxy) is 2. The Morgan fingerprint density at radius 1 is 1.50 bits per heavy atom. The molecule has 0 aromatic rings. The van der Waals surface area contributed by atoms with E-state index >= 15 is 0 Å². The number of rotatable bonds is 7. The molecule has 0 aromatic carbocycles. The van der Waals surface area contributed by atoms with Crippen LogP contribution in [0.4, 0.5) is 0 Å². The summed E-state index contributed by atoms with van der Waals surface area (Å²) in [6.45, 7) is 4.01. The number of thiocarbonyl (C=S) groups is 1. The topological polar surface area (TPSA) is 44.5 Å². The molecule has 0 saturated carbocycles. The highest BCUT2D eigenvalue weighted by Gasteiger charge is 2.03. The predicted octanol–water partition coefficient (Wildman–Crippen LogP) is 0.962. The van der Waals surface area contributed by atoms with Crippen molar-refractivity contribution in [2.24, 2.45) is 11.7 Å². The van der Waals surface area contributed by atoms with Crippen molar-refractivity contribution in [3.63, 3.8) is 0 Å². The average Bonchev–Trinajstić information content (AvgIpc) is 2.03. The van der Waals surface area contributed by atoms with E-state index in [0.717, 1.165) is 13.0 Å². The third-order valence-electron chi connectivity index (χ3n) is 1.49. The van der Waals surface area contributed by atoms with Gasteiger partial charge < -0.3 is 15.2 Å². The van der Waals surface area contributed by atoms with Gasteiger partial charge in [-0.25, -0.2) is 0 Å². The van der Waals surface area contributed by atoms with Crippen molar-refractivity contribution in [3.05, 3.63) is 0 Å². The highest BCUT2D eigenvalue weighted by Crippen LogP contribution is 1.96. The van der Waals surface area contributed by atoms with Gasteiger partial charge in [0.05, 0.1) is 11.6 Å². The van der Waals surface area contributed by atoms with Crippen LogP contribution in [0, 0.1) is 5.92 Å². The van der Waals surface area contributed by atoms with E-state index in [-0.39, 0.29) is 5.92 Å². The Morgan fingerprint density at radius 3 is 2.67 bits per heavy atom. The molecule has 0 saturated heterocycles. The van der Waals surface area contributed by atoms with Crippen LogP contribution in [-0.2, 0) is 9.47 Å². The van der Waals surface area contributed by atoms with Crippen molar-refractivity contribution >= 4 is 17.2 Å². The summed E-state index contributed by atoms with van der Waals surface area (Å²) in [7, 11) is 1.68. The maximum absolute atomic E-state index is 5.40. The molecule has 2 N–H and O–H groups in total. The lowest BCUT2D eigenvalue weighted by molar-refractivity contribution is 0.0942. The van der Waals surface area contributed by atoms with Gasteiger partial charge in [-0.1, -0.05) is 19.1 Å². The molecule has 1 atom stereocenters. The van der Waals surface area contributed by atoms with Gasteiger partial charge in [0, 0.05) is 26.2 Å². The first-order valence-electron chi connectivity index (χ1n) is 4.04. The second kappa shape index (κ2) is 7.46. The molecule has 0 fully saturated rings. The highest BCUT2D eigenvalue weighted by molar-refractivity contribution is 7.80. The molecule has 0 aliphatic heterocycles. The van der Waals surface area contributed by atoms with Gasteiger partial charge in [0.1, 0.15) is 0 Å². The average molecular weight is 191 g/mol. The van der Waals surface area contributed by atoms with Gasteiger partial charge >= 0.3 is 0 Å². The Balaban J connectivity index is 3.14. The van der Waals surface area contributed by atoms with Crippen LogP contribution in [0.3, 0.4) is 0 Å². The number of methoxy groups -OCH3 is 1. The molecule has 0 rings (SSSR count). The van der Waals surface area contributed by atoms with E-state index in [4.69, 9.17) is 27.4 Å². The van der Waals surface area contributed by atoms with Gasteiger partial charge in [-0.2, -0.15) is 0 Å². The molecule has 3 nitrogen and oxygen atoms in total. The molecule has 0 radical (unpaired) electrons. The summed E-state index contributed by atoms with van der Waals surface area (Å²) in [6.07, 6.45) is 0.917. The first-order chi connectivity index (χ1) is 5.68. The number of nitrogens with two attached hydrogens (primary N) is 1. The molecule has 0 aliphatic carbocycles. The molecule has 0 aliphatic rings. The normalized spacial score (nSPS) is 12.8. The van der Waals surface area contributed by atoms with Crippen molar-refractivity contribution in [3.8, 4) is 0 Å². The first-order valence-corrected chi connectivity index (χ1v) is 4.45. The van der Waals surface area contributed by atoms with Crippen LogP contribution in [0.25, 0.3) is 0 Å². The van der Waals surface area contributed by atoms with E-state index in [2.05, 4.69) is 0 Å². The van der Waals surface area contributed by atoms with Crippen LogP contribution in [0.2, 0.25) is 0 Å². The van der Waals surface area contributed by atoms with Crippen LogP contribution in [0.15, 0.2) is 0 Å². The molecule has 0 heterocycles. The first kappa shape index (κ1) is 11.8. The zero-order valence-corrected chi connectivity index (χ0v) is 8.52. The van der Waals surface area contributed by atoms with E-state index in [9.17, 15) is 0 Å². The fourth-order valence-electron chi connectivity index (χ4n) is 0.648. The smallest absolute Gasteiger partial charge is 0.0779 e. The summed E-state index contributed by atoms with van der Waals surface area (Å²) >= 11 is 4.79. The summed E-state index contributed by atoms with van der Waals surface area (Å²) < 4.78 is 10.2. The van der Waals surface area contributed by atoms with Crippen LogP contribution < -0.4 is 5.73 Å². The van der Waals surface area contributed by atoms with Crippen molar-refractivity contribution in [1.29, 1.82) is 0 Å². The summed E-state index contributed by atoms with van der Waals surface area (Å²) in [5.41, 5.74) is 5.40. The quantitative estimate of drug-likeness (QED) is 0.481. The molecule has 0 aromatic heterocycles. The van der Waals surface area contributed by atoms with Gasteiger partial charge in [-0.3, -0.25) is 0 Å². The third-order valence-corrected chi connectivity index (χ3v) is 1.89. The molecule has 12 heavy (non-hydrogen) atoms. The van der Waals surface area contributed by atoms with E-state index in [1.54, 1.807) is 7.11 Å². The Morgan fingerprint density at radius 2 is 2.17 bits per heavy atom. The predicted molar refractivity (Wildman–Crippen MR) is 53.3 cm³/mol.